The molecule has 0 aliphatic carbocycles. The van der Waals surface area contributed by atoms with Gasteiger partial charge in [0.1, 0.15) is 12.4 Å². The molecule has 5 heteroatoms. The van der Waals surface area contributed by atoms with E-state index in [1.165, 1.54) is 0 Å². The van der Waals surface area contributed by atoms with Gasteiger partial charge in [0.2, 0.25) is 5.88 Å². The molecule has 18 heavy (non-hydrogen) atoms. The molecule has 100 valence electrons. The highest BCUT2D eigenvalue weighted by atomic mass is 16.5. The Labute approximate surface area is 107 Å². The molecule has 0 radical (unpaired) electrons. The summed E-state index contributed by atoms with van der Waals surface area (Å²) >= 11 is 0. The summed E-state index contributed by atoms with van der Waals surface area (Å²) < 4.78 is 10.8. The molecule has 5 nitrogen and oxygen atoms in total. The zero-order valence-electron chi connectivity index (χ0n) is 10.9. The zero-order chi connectivity index (χ0) is 13.0. The first-order chi connectivity index (χ1) is 8.65. The second kappa shape index (κ2) is 6.02. The number of morpholine rings is 1. The third kappa shape index (κ3) is 3.58. The maximum Gasteiger partial charge on any atom is 0.215 e. The summed E-state index contributed by atoms with van der Waals surface area (Å²) in [6.07, 6.45) is -0.487. The van der Waals surface area contributed by atoms with Crippen LogP contribution in [0.2, 0.25) is 0 Å². The van der Waals surface area contributed by atoms with E-state index in [0.29, 0.717) is 5.88 Å². The lowest BCUT2D eigenvalue weighted by atomic mass is 10.2. The molecule has 0 spiro atoms. The number of rotatable bonds is 4. The lowest BCUT2D eigenvalue weighted by molar-refractivity contribution is 0.118. The van der Waals surface area contributed by atoms with Crippen molar-refractivity contribution in [3.8, 4) is 5.88 Å². The van der Waals surface area contributed by atoms with Crippen molar-refractivity contribution in [1.29, 1.82) is 0 Å². The van der Waals surface area contributed by atoms with E-state index in [-0.39, 0.29) is 6.61 Å². The largest absolute Gasteiger partial charge is 0.475 e. The highest BCUT2D eigenvalue weighted by Crippen LogP contribution is 2.20. The second-order valence-corrected chi connectivity index (χ2v) is 4.60. The molecule has 1 atom stereocenters. The van der Waals surface area contributed by atoms with Crippen molar-refractivity contribution in [2.45, 2.75) is 20.0 Å². The molecule has 1 aromatic rings. The van der Waals surface area contributed by atoms with E-state index < -0.39 is 6.10 Å². The van der Waals surface area contributed by atoms with Crippen molar-refractivity contribution in [3.05, 3.63) is 17.7 Å². The summed E-state index contributed by atoms with van der Waals surface area (Å²) in [5, 5.41) is 9.22. The van der Waals surface area contributed by atoms with Crippen molar-refractivity contribution in [3.63, 3.8) is 0 Å². The van der Waals surface area contributed by atoms with Crippen molar-refractivity contribution in [2.24, 2.45) is 0 Å². The minimum atomic E-state index is -0.487. The minimum absolute atomic E-state index is 0.263. The molecule has 0 saturated carbocycles. The van der Waals surface area contributed by atoms with Gasteiger partial charge < -0.3 is 19.5 Å². The topological polar surface area (TPSA) is 54.8 Å². The van der Waals surface area contributed by atoms with Gasteiger partial charge in [-0.2, -0.15) is 4.98 Å². The molecule has 2 rings (SSSR count). The van der Waals surface area contributed by atoms with Gasteiger partial charge in [-0.25, -0.2) is 0 Å². The molecule has 1 aliphatic rings. The molecule has 1 aromatic heterocycles. The van der Waals surface area contributed by atoms with Crippen LogP contribution < -0.4 is 9.64 Å². The van der Waals surface area contributed by atoms with Crippen LogP contribution in [0.5, 0.6) is 5.88 Å². The van der Waals surface area contributed by atoms with E-state index in [1.54, 1.807) is 6.92 Å². The summed E-state index contributed by atoms with van der Waals surface area (Å²) in [4.78, 5) is 6.65. The Balaban J connectivity index is 2.09. The van der Waals surface area contributed by atoms with E-state index in [9.17, 15) is 5.11 Å². The number of hydrogen-bond acceptors (Lipinski definition) is 5. The molecule has 1 saturated heterocycles. The maximum absolute atomic E-state index is 9.22. The van der Waals surface area contributed by atoms with Crippen molar-refractivity contribution in [1.82, 2.24) is 4.98 Å². The average Bonchev–Trinajstić information content (AvgIpc) is 2.37. The van der Waals surface area contributed by atoms with Gasteiger partial charge in [-0.3, -0.25) is 0 Å². The first-order valence-electron chi connectivity index (χ1n) is 6.27. The summed E-state index contributed by atoms with van der Waals surface area (Å²) in [6, 6.07) is 3.92. The Morgan fingerprint density at radius 2 is 2.17 bits per heavy atom. The molecule has 2 heterocycles. The number of nitrogens with zero attached hydrogens (tertiary/aromatic N) is 2. The van der Waals surface area contributed by atoms with Crippen LogP contribution in [0.4, 0.5) is 5.82 Å². The summed E-state index contributed by atoms with van der Waals surface area (Å²) in [7, 11) is 0. The number of aromatic nitrogens is 1. The van der Waals surface area contributed by atoms with E-state index in [4.69, 9.17) is 9.47 Å². The average molecular weight is 252 g/mol. The number of hydrogen-bond donors (Lipinski definition) is 1. The van der Waals surface area contributed by atoms with Gasteiger partial charge in [0.15, 0.2) is 0 Å². The van der Waals surface area contributed by atoms with Crippen LogP contribution >= 0.6 is 0 Å². The summed E-state index contributed by atoms with van der Waals surface area (Å²) in [5.74, 6) is 1.48. The number of ether oxygens (including phenoxy) is 2. The summed E-state index contributed by atoms with van der Waals surface area (Å²) in [6.45, 7) is 7.15. The van der Waals surface area contributed by atoms with Crippen molar-refractivity contribution in [2.75, 3.05) is 37.8 Å². The highest BCUT2D eigenvalue weighted by molar-refractivity contribution is 5.44. The molecule has 0 amide bonds. The Morgan fingerprint density at radius 3 is 2.83 bits per heavy atom. The van der Waals surface area contributed by atoms with Gasteiger partial charge in [0.05, 0.1) is 19.3 Å². The van der Waals surface area contributed by atoms with Gasteiger partial charge >= 0.3 is 0 Å². The van der Waals surface area contributed by atoms with Gasteiger partial charge in [0.25, 0.3) is 0 Å². The smallest absolute Gasteiger partial charge is 0.215 e. The van der Waals surface area contributed by atoms with Crippen LogP contribution in [0.15, 0.2) is 12.1 Å². The highest BCUT2D eigenvalue weighted by Gasteiger charge is 2.14. The molecular formula is C13H20N2O3. The standard InChI is InChI=1S/C13H20N2O3/c1-10-7-12(15-3-5-17-6-4-15)14-13(8-10)18-9-11(2)16/h7-8,11,16H,3-6,9H2,1-2H3. The van der Waals surface area contributed by atoms with Crippen LogP contribution in [-0.2, 0) is 4.74 Å². The van der Waals surface area contributed by atoms with Crippen molar-refractivity contribution < 1.29 is 14.6 Å². The van der Waals surface area contributed by atoms with Crippen LogP contribution in [0.1, 0.15) is 12.5 Å². The van der Waals surface area contributed by atoms with Gasteiger partial charge in [-0.05, 0) is 25.5 Å². The number of aliphatic hydroxyl groups excluding tert-OH is 1. The minimum Gasteiger partial charge on any atom is -0.475 e. The quantitative estimate of drug-likeness (QED) is 0.866. The molecule has 1 unspecified atom stereocenters. The second-order valence-electron chi connectivity index (χ2n) is 4.60. The monoisotopic (exact) mass is 252 g/mol. The van der Waals surface area contributed by atoms with Crippen LogP contribution in [0.25, 0.3) is 0 Å². The van der Waals surface area contributed by atoms with Crippen LogP contribution in [0.3, 0.4) is 0 Å². The lowest BCUT2D eigenvalue weighted by Crippen LogP contribution is -2.36. The fourth-order valence-electron chi connectivity index (χ4n) is 1.85. The Hall–Kier alpha value is -1.33. The predicted molar refractivity (Wildman–Crippen MR) is 69.2 cm³/mol. The molecule has 1 aliphatic heterocycles. The molecule has 0 aromatic carbocycles. The fraction of sp³-hybridized carbons (Fsp3) is 0.615. The van der Waals surface area contributed by atoms with Gasteiger partial charge in [-0.1, -0.05) is 0 Å². The molecular weight excluding hydrogens is 232 g/mol. The number of anilines is 1. The number of aryl methyl sites for hydroxylation is 1. The fourth-order valence-corrected chi connectivity index (χ4v) is 1.85. The molecule has 0 bridgehead atoms. The SMILES string of the molecule is Cc1cc(OCC(C)O)nc(N2CCOCC2)c1. The number of aliphatic hydroxyl groups is 1. The van der Waals surface area contributed by atoms with Gasteiger partial charge in [-0.15, -0.1) is 0 Å². The third-order valence-electron chi connectivity index (χ3n) is 2.74. The molecule has 1 fully saturated rings. The van der Waals surface area contributed by atoms with Crippen molar-refractivity contribution >= 4 is 5.82 Å². The maximum atomic E-state index is 9.22. The van der Waals surface area contributed by atoms with Gasteiger partial charge in [0, 0.05) is 19.2 Å². The van der Waals surface area contributed by atoms with E-state index >= 15 is 0 Å². The first kappa shape index (κ1) is 13.1. The van der Waals surface area contributed by atoms with Crippen LogP contribution in [0, 0.1) is 6.92 Å². The Morgan fingerprint density at radius 1 is 1.44 bits per heavy atom. The third-order valence-corrected chi connectivity index (χ3v) is 2.74. The van der Waals surface area contributed by atoms with E-state index in [2.05, 4.69) is 9.88 Å². The Bertz CT molecular complexity index is 390. The first-order valence-corrected chi connectivity index (χ1v) is 6.27. The zero-order valence-corrected chi connectivity index (χ0v) is 10.9. The van der Waals surface area contributed by atoms with Crippen LogP contribution in [-0.4, -0.2) is 49.1 Å². The molecule has 1 N–H and O–H groups in total. The lowest BCUT2D eigenvalue weighted by Gasteiger charge is -2.28. The Kier molecular flexibility index (Phi) is 4.38. The van der Waals surface area contributed by atoms with E-state index in [0.717, 1.165) is 37.7 Å². The number of pyridine rings is 1. The predicted octanol–water partition coefficient (Wildman–Crippen LogP) is 0.986. The normalized spacial score (nSPS) is 17.6. The summed E-state index contributed by atoms with van der Waals surface area (Å²) in [5.41, 5.74) is 1.10. The van der Waals surface area contributed by atoms with E-state index in [1.807, 2.05) is 19.1 Å².